The molecule has 0 bridgehead atoms. The third-order valence-corrected chi connectivity index (χ3v) is 5.55. The summed E-state index contributed by atoms with van der Waals surface area (Å²) >= 11 is 0. The number of benzene rings is 3. The Morgan fingerprint density at radius 2 is 1.66 bits per heavy atom. The zero-order valence-corrected chi connectivity index (χ0v) is 17.8. The van der Waals surface area contributed by atoms with Gasteiger partial charge in [-0.1, -0.05) is 24.3 Å². The van der Waals surface area contributed by atoms with E-state index in [2.05, 4.69) is 5.32 Å². The summed E-state index contributed by atoms with van der Waals surface area (Å²) in [6, 6.07) is 12.5. The van der Waals surface area contributed by atoms with Gasteiger partial charge < -0.3 is 15.3 Å². The Morgan fingerprint density at radius 3 is 2.34 bits per heavy atom. The molecule has 0 spiro atoms. The van der Waals surface area contributed by atoms with Gasteiger partial charge in [-0.2, -0.15) is 0 Å². The number of carbonyl (C=O) groups is 4. The van der Waals surface area contributed by atoms with Gasteiger partial charge in [-0.25, -0.2) is 0 Å². The lowest BCUT2D eigenvalue weighted by atomic mass is 9.89. The molecule has 0 saturated heterocycles. The third kappa shape index (κ3) is 3.80. The number of rotatable bonds is 7. The van der Waals surface area contributed by atoms with E-state index in [4.69, 9.17) is 5.11 Å². The van der Waals surface area contributed by atoms with Gasteiger partial charge in [0.15, 0.2) is 0 Å². The first-order chi connectivity index (χ1) is 15.3. The fourth-order valence-corrected chi connectivity index (χ4v) is 4.04. The predicted octanol–water partition coefficient (Wildman–Crippen LogP) is 2.95. The Kier molecular flexibility index (Phi) is 5.63. The number of imide groups is 1. The van der Waals surface area contributed by atoms with Crippen molar-refractivity contribution in [3.63, 3.8) is 0 Å². The van der Waals surface area contributed by atoms with Crippen LogP contribution >= 0.6 is 0 Å². The molecule has 0 radical (unpaired) electrons. The monoisotopic (exact) mass is 433 g/mol. The van der Waals surface area contributed by atoms with Crippen LogP contribution in [0.15, 0.2) is 42.5 Å². The molecular weight excluding hydrogens is 410 g/mol. The average molecular weight is 433 g/mol. The van der Waals surface area contributed by atoms with Crippen molar-refractivity contribution in [2.75, 3.05) is 32.5 Å². The first-order valence-electron chi connectivity index (χ1n) is 10.3. The van der Waals surface area contributed by atoms with Crippen molar-refractivity contribution in [2.24, 2.45) is 0 Å². The van der Waals surface area contributed by atoms with Gasteiger partial charge in [-0.15, -0.1) is 0 Å². The first kappa shape index (κ1) is 21.5. The minimum Gasteiger partial charge on any atom is -0.481 e. The van der Waals surface area contributed by atoms with E-state index in [9.17, 15) is 19.2 Å². The second-order valence-corrected chi connectivity index (χ2v) is 8.07. The largest absolute Gasteiger partial charge is 0.481 e. The molecule has 3 aromatic rings. The van der Waals surface area contributed by atoms with Crippen LogP contribution in [0.4, 0.5) is 5.69 Å². The minimum atomic E-state index is -1.06. The van der Waals surface area contributed by atoms with Crippen molar-refractivity contribution in [2.45, 2.75) is 12.8 Å². The molecule has 3 aromatic carbocycles. The standard InChI is InChI=1S/C24H23N3O5/c1-26(2)11-12-27-23(31)16-7-3-5-14-13-15-6-4-8-17(25-18(28)9-10-19(29)30)21(15)22(20(14)16)24(27)32/h3-8,13H,9-12H2,1-2H3,(H,25,28)(H,29,30). The van der Waals surface area contributed by atoms with Crippen LogP contribution in [0.2, 0.25) is 0 Å². The molecule has 0 unspecified atom stereocenters. The Morgan fingerprint density at radius 1 is 0.969 bits per heavy atom. The predicted molar refractivity (Wildman–Crippen MR) is 121 cm³/mol. The zero-order chi connectivity index (χ0) is 23.0. The van der Waals surface area contributed by atoms with Gasteiger partial charge in [0.1, 0.15) is 0 Å². The van der Waals surface area contributed by atoms with Crippen LogP contribution in [0.3, 0.4) is 0 Å². The number of likely N-dealkylation sites (N-methyl/N-ethyl adjacent to an activating group) is 1. The van der Waals surface area contributed by atoms with Gasteiger partial charge in [-0.05, 0) is 43.1 Å². The maximum atomic E-state index is 13.6. The van der Waals surface area contributed by atoms with Crippen molar-refractivity contribution in [3.8, 4) is 0 Å². The Bertz CT molecular complexity index is 1280. The highest BCUT2D eigenvalue weighted by atomic mass is 16.4. The van der Waals surface area contributed by atoms with Crippen molar-refractivity contribution < 1.29 is 24.3 Å². The summed E-state index contributed by atoms with van der Waals surface area (Å²) in [7, 11) is 3.74. The van der Waals surface area contributed by atoms with E-state index in [1.165, 1.54) is 4.90 Å². The lowest BCUT2D eigenvalue weighted by Gasteiger charge is -2.29. The molecule has 0 aliphatic carbocycles. The first-order valence-corrected chi connectivity index (χ1v) is 10.3. The Balaban J connectivity index is 1.90. The van der Waals surface area contributed by atoms with Crippen LogP contribution in [0, 0.1) is 0 Å². The highest BCUT2D eigenvalue weighted by Crippen LogP contribution is 2.38. The molecule has 4 rings (SSSR count). The van der Waals surface area contributed by atoms with E-state index >= 15 is 0 Å². The topological polar surface area (TPSA) is 107 Å². The number of hydrogen-bond donors (Lipinski definition) is 2. The molecule has 164 valence electrons. The molecule has 2 N–H and O–H groups in total. The van der Waals surface area contributed by atoms with Crippen molar-refractivity contribution in [3.05, 3.63) is 53.6 Å². The molecule has 3 amide bonds. The van der Waals surface area contributed by atoms with E-state index in [1.807, 2.05) is 37.2 Å². The summed E-state index contributed by atoms with van der Waals surface area (Å²) in [6.07, 6.45) is -0.469. The quantitative estimate of drug-likeness (QED) is 0.438. The fraction of sp³-hybridized carbons (Fsp3) is 0.250. The molecular formula is C24H23N3O5. The summed E-state index contributed by atoms with van der Waals surface area (Å²) < 4.78 is 0. The Labute approximate surface area is 184 Å². The summed E-state index contributed by atoms with van der Waals surface area (Å²) in [5.74, 6) is -2.26. The van der Waals surface area contributed by atoms with Crippen LogP contribution in [0.5, 0.6) is 0 Å². The number of fused-ring (bicyclic) bond motifs is 2. The summed E-state index contributed by atoms with van der Waals surface area (Å²) in [5, 5.41) is 14.2. The van der Waals surface area contributed by atoms with Gasteiger partial charge in [0.25, 0.3) is 11.8 Å². The van der Waals surface area contributed by atoms with E-state index in [0.717, 1.165) is 10.8 Å². The average Bonchev–Trinajstić information content (AvgIpc) is 2.74. The number of carbonyl (C=O) groups excluding carboxylic acids is 3. The van der Waals surface area contributed by atoms with Crippen LogP contribution in [-0.4, -0.2) is 65.8 Å². The highest BCUT2D eigenvalue weighted by molar-refractivity contribution is 6.32. The van der Waals surface area contributed by atoms with Crippen molar-refractivity contribution in [1.82, 2.24) is 9.80 Å². The number of anilines is 1. The highest BCUT2D eigenvalue weighted by Gasteiger charge is 2.34. The van der Waals surface area contributed by atoms with Gasteiger partial charge >= 0.3 is 5.97 Å². The maximum Gasteiger partial charge on any atom is 0.303 e. The molecule has 8 nitrogen and oxygen atoms in total. The summed E-state index contributed by atoms with van der Waals surface area (Å²) in [6.45, 7) is 0.760. The normalized spacial score (nSPS) is 13.3. The maximum absolute atomic E-state index is 13.6. The van der Waals surface area contributed by atoms with E-state index in [1.54, 1.807) is 24.3 Å². The molecule has 0 saturated carbocycles. The number of carboxylic acid groups (broad SMARTS) is 1. The molecule has 1 aliphatic rings. The number of carboxylic acids is 1. The van der Waals surface area contributed by atoms with Crippen LogP contribution in [0.1, 0.15) is 33.6 Å². The van der Waals surface area contributed by atoms with Gasteiger partial charge in [0.2, 0.25) is 5.91 Å². The summed E-state index contributed by atoms with van der Waals surface area (Å²) in [5.41, 5.74) is 1.24. The van der Waals surface area contributed by atoms with Crippen LogP contribution in [-0.2, 0) is 9.59 Å². The van der Waals surface area contributed by atoms with Gasteiger partial charge in [-0.3, -0.25) is 24.1 Å². The minimum absolute atomic E-state index is 0.179. The molecule has 0 aromatic heterocycles. The van der Waals surface area contributed by atoms with E-state index < -0.39 is 17.8 Å². The lowest BCUT2D eigenvalue weighted by molar-refractivity contribution is -0.138. The molecule has 8 heteroatoms. The number of nitrogens with one attached hydrogen (secondary N) is 1. The molecule has 0 fully saturated rings. The zero-order valence-electron chi connectivity index (χ0n) is 17.8. The van der Waals surface area contributed by atoms with Crippen LogP contribution in [0.25, 0.3) is 21.5 Å². The van der Waals surface area contributed by atoms with Gasteiger partial charge in [0.05, 0.1) is 12.0 Å². The number of amides is 3. The smallest absolute Gasteiger partial charge is 0.303 e. The number of aliphatic carboxylic acids is 1. The van der Waals surface area contributed by atoms with Gasteiger partial charge in [0, 0.05) is 41.5 Å². The third-order valence-electron chi connectivity index (χ3n) is 5.55. The molecule has 32 heavy (non-hydrogen) atoms. The molecule has 1 heterocycles. The summed E-state index contributed by atoms with van der Waals surface area (Å²) in [4.78, 5) is 53.0. The van der Waals surface area contributed by atoms with Crippen LogP contribution < -0.4 is 5.32 Å². The second-order valence-electron chi connectivity index (χ2n) is 8.07. The fourth-order valence-electron chi connectivity index (χ4n) is 4.04. The lowest BCUT2D eigenvalue weighted by Crippen LogP contribution is -2.43. The van der Waals surface area contributed by atoms with Crippen molar-refractivity contribution >= 4 is 50.9 Å². The number of hydrogen-bond acceptors (Lipinski definition) is 5. The molecule has 1 aliphatic heterocycles. The van der Waals surface area contributed by atoms with Crippen molar-refractivity contribution in [1.29, 1.82) is 0 Å². The van der Waals surface area contributed by atoms with E-state index in [-0.39, 0.29) is 25.3 Å². The van der Waals surface area contributed by atoms with E-state index in [0.29, 0.717) is 34.1 Å². The SMILES string of the molecule is CN(C)CCN1C(=O)c2cccc3cc4cccc(NC(=O)CCC(=O)O)c4c(c23)C1=O. The number of nitrogens with zero attached hydrogens (tertiary/aromatic N) is 2. The molecule has 0 atom stereocenters. The second kappa shape index (κ2) is 8.39. The Hall–Kier alpha value is -3.78.